The van der Waals surface area contributed by atoms with Crippen LogP contribution >= 0.6 is 11.3 Å². The minimum Gasteiger partial charge on any atom is -0.454 e. The van der Waals surface area contributed by atoms with Crippen LogP contribution in [-0.2, 0) is 0 Å². The van der Waals surface area contributed by atoms with Crippen molar-refractivity contribution in [2.75, 3.05) is 0 Å². The van der Waals surface area contributed by atoms with Gasteiger partial charge in [-0.2, -0.15) is 0 Å². The second-order valence-electron chi connectivity index (χ2n) is 16.0. The largest absolute Gasteiger partial charge is 0.454 e. The van der Waals surface area contributed by atoms with E-state index in [1.807, 2.05) is 78.1 Å². The lowest BCUT2D eigenvalue weighted by atomic mass is 9.98. The van der Waals surface area contributed by atoms with E-state index in [-0.39, 0.29) is 0 Å². The van der Waals surface area contributed by atoms with Gasteiger partial charge in [0.15, 0.2) is 23.1 Å². The normalized spacial score (nSPS) is 11.8. The summed E-state index contributed by atoms with van der Waals surface area (Å²) >= 11 is 1.85. The summed E-state index contributed by atoms with van der Waals surface area (Å²) in [5, 5.41) is 6.93. The number of aromatic nitrogens is 4. The maximum atomic E-state index is 7.13. The van der Waals surface area contributed by atoms with Crippen molar-refractivity contribution in [2.24, 2.45) is 0 Å². The minimum atomic E-state index is 0.580. The summed E-state index contributed by atoms with van der Waals surface area (Å²) in [6, 6.07) is 72.6. The molecule has 6 heteroatoms. The lowest BCUT2D eigenvalue weighted by Crippen LogP contribution is -2.00. The molecule has 0 N–H and O–H groups in total. The Kier molecular flexibility index (Phi) is 8.01. The third-order valence-corrected chi connectivity index (χ3v) is 13.4. The second kappa shape index (κ2) is 14.2. The molecule has 9 aromatic carbocycles. The van der Waals surface area contributed by atoms with Gasteiger partial charge in [-0.3, -0.25) is 0 Å². The number of rotatable bonds is 6. The fraction of sp³-hybridized carbons (Fsp3) is 0. The summed E-state index contributed by atoms with van der Waals surface area (Å²) in [4.78, 5) is 15.4. The molecule has 4 heterocycles. The molecule has 13 aromatic rings. The van der Waals surface area contributed by atoms with E-state index >= 15 is 0 Å². The van der Waals surface area contributed by atoms with Crippen LogP contribution in [0.2, 0.25) is 0 Å². The first-order valence-electron chi connectivity index (χ1n) is 21.1. The summed E-state index contributed by atoms with van der Waals surface area (Å²) in [6.45, 7) is 0. The Morgan fingerprint density at radius 3 is 1.71 bits per heavy atom. The third kappa shape index (κ3) is 5.80. The predicted octanol–water partition coefficient (Wildman–Crippen LogP) is 15.6. The van der Waals surface area contributed by atoms with Gasteiger partial charge in [-0.05, 0) is 70.8 Å². The zero-order valence-corrected chi connectivity index (χ0v) is 34.6. The summed E-state index contributed by atoms with van der Waals surface area (Å²) in [5.74, 6) is 1.80. The van der Waals surface area contributed by atoms with Gasteiger partial charge in [0, 0.05) is 58.4 Å². The van der Waals surface area contributed by atoms with E-state index in [9.17, 15) is 0 Å². The van der Waals surface area contributed by atoms with Crippen molar-refractivity contribution < 1.29 is 4.42 Å². The number of nitrogens with zero attached hydrogens (tertiary/aromatic N) is 4. The molecule has 0 bridgehead atoms. The molecule has 0 unspecified atom stereocenters. The number of thiophene rings is 1. The van der Waals surface area contributed by atoms with Gasteiger partial charge in [0.1, 0.15) is 5.58 Å². The van der Waals surface area contributed by atoms with Gasteiger partial charge >= 0.3 is 0 Å². The average molecular weight is 823 g/mol. The van der Waals surface area contributed by atoms with Crippen LogP contribution < -0.4 is 0 Å². The monoisotopic (exact) mass is 822 g/mol. The Balaban J connectivity index is 1.04. The van der Waals surface area contributed by atoms with Gasteiger partial charge in [-0.15, -0.1) is 11.3 Å². The SMILES string of the molecule is c1ccc(-c2cc(-c3nc(-c4ccccc4)nc(-c4ccccc4)n3)c3c(c2)oc2c(-n4c5ccccc5c5cc(-c6ccc7c(c6)sc6ccccc67)ccc54)cccc23)cc1. The minimum absolute atomic E-state index is 0.580. The molecule has 4 aromatic heterocycles. The van der Waals surface area contributed by atoms with Crippen LogP contribution in [0.1, 0.15) is 0 Å². The molecule has 0 atom stereocenters. The highest BCUT2D eigenvalue weighted by molar-refractivity contribution is 7.25. The van der Waals surface area contributed by atoms with Crippen molar-refractivity contribution in [1.29, 1.82) is 0 Å². The predicted molar refractivity (Wildman–Crippen MR) is 262 cm³/mol. The number of hydrogen-bond donors (Lipinski definition) is 0. The number of hydrogen-bond acceptors (Lipinski definition) is 5. The van der Waals surface area contributed by atoms with E-state index in [0.29, 0.717) is 17.5 Å². The molecule has 0 radical (unpaired) electrons. The van der Waals surface area contributed by atoms with Crippen LogP contribution in [0.25, 0.3) is 126 Å². The molecular weight excluding hydrogens is 789 g/mol. The number of benzene rings is 9. The zero-order chi connectivity index (χ0) is 41.4. The smallest absolute Gasteiger partial charge is 0.164 e. The Bertz CT molecular complexity index is 3850. The summed E-state index contributed by atoms with van der Waals surface area (Å²) in [7, 11) is 0. The van der Waals surface area contributed by atoms with Gasteiger partial charge < -0.3 is 8.98 Å². The number of para-hydroxylation sites is 2. The molecule has 294 valence electrons. The number of furan rings is 1. The van der Waals surface area contributed by atoms with Crippen LogP contribution in [0.5, 0.6) is 0 Å². The molecule has 0 amide bonds. The molecule has 5 nitrogen and oxygen atoms in total. The lowest BCUT2D eigenvalue weighted by Gasteiger charge is -2.11. The van der Waals surface area contributed by atoms with E-state index in [2.05, 4.69) is 144 Å². The van der Waals surface area contributed by atoms with Crippen molar-refractivity contribution in [3.8, 4) is 62.1 Å². The third-order valence-electron chi connectivity index (χ3n) is 12.3. The fourth-order valence-corrected chi connectivity index (χ4v) is 10.5. The van der Waals surface area contributed by atoms with E-state index in [1.54, 1.807) is 0 Å². The zero-order valence-electron chi connectivity index (χ0n) is 33.7. The highest BCUT2D eigenvalue weighted by atomic mass is 32.1. The summed E-state index contributed by atoms with van der Waals surface area (Å²) in [6.07, 6.45) is 0. The molecule has 0 saturated carbocycles. The van der Waals surface area contributed by atoms with E-state index in [4.69, 9.17) is 19.4 Å². The molecule has 63 heavy (non-hydrogen) atoms. The van der Waals surface area contributed by atoms with Crippen LogP contribution in [0, 0.1) is 0 Å². The Morgan fingerprint density at radius 2 is 0.952 bits per heavy atom. The van der Waals surface area contributed by atoms with E-state index in [1.165, 1.54) is 42.1 Å². The molecule has 0 aliphatic rings. The summed E-state index contributed by atoms with van der Waals surface area (Å²) in [5.41, 5.74) is 11.9. The van der Waals surface area contributed by atoms with E-state index in [0.717, 1.165) is 66.5 Å². The Labute approximate surface area is 365 Å². The molecule has 13 rings (SSSR count). The number of fused-ring (bicyclic) bond motifs is 9. The Morgan fingerprint density at radius 1 is 0.365 bits per heavy atom. The maximum absolute atomic E-state index is 7.13. The van der Waals surface area contributed by atoms with Crippen LogP contribution in [-0.4, -0.2) is 19.5 Å². The van der Waals surface area contributed by atoms with Gasteiger partial charge in [0.05, 0.1) is 16.7 Å². The second-order valence-corrected chi connectivity index (χ2v) is 17.0. The molecule has 0 fully saturated rings. The maximum Gasteiger partial charge on any atom is 0.164 e. The highest BCUT2D eigenvalue weighted by Crippen LogP contribution is 2.44. The van der Waals surface area contributed by atoms with Crippen molar-refractivity contribution in [2.45, 2.75) is 0 Å². The quantitative estimate of drug-likeness (QED) is 0.168. The van der Waals surface area contributed by atoms with Crippen molar-refractivity contribution in [3.05, 3.63) is 206 Å². The standard InChI is InChI=1S/C57H34N4OS/c1-4-15-35(16-5-1)40-32-46(57-59-55(36-17-6-2-7-18-36)58-56(60-57)37-19-8-3-9-20-37)53-44-23-14-25-49(54(44)62-50(53)33-40)61-47-24-12-10-21-41(47)45-31-38(28-30-48(45)61)39-27-29-43-42-22-11-13-26-51(42)63-52(43)34-39/h1-34H. The first kappa shape index (κ1) is 35.6. The van der Waals surface area contributed by atoms with Crippen molar-refractivity contribution in [3.63, 3.8) is 0 Å². The molecular formula is C57H34N4OS. The average Bonchev–Trinajstić information content (AvgIpc) is 4.03. The van der Waals surface area contributed by atoms with Crippen LogP contribution in [0.15, 0.2) is 211 Å². The molecule has 0 aliphatic heterocycles. The van der Waals surface area contributed by atoms with Crippen molar-refractivity contribution >= 4 is 75.3 Å². The van der Waals surface area contributed by atoms with Crippen LogP contribution in [0.3, 0.4) is 0 Å². The van der Waals surface area contributed by atoms with E-state index < -0.39 is 0 Å². The topological polar surface area (TPSA) is 56.7 Å². The fourth-order valence-electron chi connectivity index (χ4n) is 9.31. The van der Waals surface area contributed by atoms with Gasteiger partial charge in [0.2, 0.25) is 0 Å². The first-order chi connectivity index (χ1) is 31.2. The highest BCUT2D eigenvalue weighted by Gasteiger charge is 2.23. The molecule has 0 saturated heterocycles. The van der Waals surface area contributed by atoms with Gasteiger partial charge in [-0.1, -0.05) is 158 Å². The van der Waals surface area contributed by atoms with Crippen LogP contribution in [0.4, 0.5) is 0 Å². The first-order valence-corrected chi connectivity index (χ1v) is 21.9. The molecule has 0 spiro atoms. The molecule has 0 aliphatic carbocycles. The summed E-state index contributed by atoms with van der Waals surface area (Å²) < 4.78 is 12.1. The van der Waals surface area contributed by atoms with Crippen molar-refractivity contribution in [1.82, 2.24) is 19.5 Å². The Hall–Kier alpha value is -8.19. The lowest BCUT2D eigenvalue weighted by molar-refractivity contribution is 0.666. The van der Waals surface area contributed by atoms with Gasteiger partial charge in [-0.25, -0.2) is 15.0 Å². The van der Waals surface area contributed by atoms with Gasteiger partial charge in [0.25, 0.3) is 0 Å².